The summed E-state index contributed by atoms with van der Waals surface area (Å²) in [5.41, 5.74) is 0.349. The maximum Gasteiger partial charge on any atom is 0.407 e. The molecule has 0 radical (unpaired) electrons. The van der Waals surface area contributed by atoms with Crippen LogP contribution >= 0.6 is 0 Å². The Morgan fingerprint density at radius 2 is 1.68 bits per heavy atom. The molecule has 1 aliphatic rings. The highest BCUT2D eigenvalue weighted by atomic mass is 32.3. The molecule has 28 heavy (non-hydrogen) atoms. The van der Waals surface area contributed by atoms with E-state index >= 15 is 0 Å². The Kier molecular flexibility index (Phi) is 6.78. The van der Waals surface area contributed by atoms with E-state index < -0.39 is 31.6 Å². The maximum atomic E-state index is 13.0. The lowest BCUT2D eigenvalue weighted by molar-refractivity contribution is 0.0490. The van der Waals surface area contributed by atoms with Crippen molar-refractivity contribution in [2.45, 2.75) is 57.1 Å². The predicted molar refractivity (Wildman–Crippen MR) is 109 cm³/mol. The summed E-state index contributed by atoms with van der Waals surface area (Å²) in [4.78, 5) is 11.9. The first-order chi connectivity index (χ1) is 12.8. The molecule has 1 atom stereocenters. The van der Waals surface area contributed by atoms with Crippen LogP contribution in [0.5, 0.6) is 0 Å². The van der Waals surface area contributed by atoms with Gasteiger partial charge in [0.15, 0.2) is 0 Å². The summed E-state index contributed by atoms with van der Waals surface area (Å²) in [6, 6.07) is 6.15. The Bertz CT molecular complexity index is 919. The number of piperidine rings is 1. The fourth-order valence-electron chi connectivity index (χ4n) is 2.80. The SMILES string of the molecule is Cc1ccc(S(=O)(=O)N=S(C)(=O)N2CCC(NC(=O)OC(C)(C)C)CC2)cc1. The number of benzene rings is 1. The molecule has 1 aliphatic heterocycles. The third-order valence-electron chi connectivity index (χ3n) is 4.21. The summed E-state index contributed by atoms with van der Waals surface area (Å²) in [5.74, 6) is 0. The molecule has 0 bridgehead atoms. The summed E-state index contributed by atoms with van der Waals surface area (Å²) >= 11 is 0. The van der Waals surface area contributed by atoms with Crippen molar-refractivity contribution in [1.29, 1.82) is 0 Å². The highest BCUT2D eigenvalue weighted by molar-refractivity contribution is 8.01. The topological polar surface area (TPSA) is 105 Å². The maximum absolute atomic E-state index is 13.0. The summed E-state index contributed by atoms with van der Waals surface area (Å²) in [6.45, 7) is 7.95. The van der Waals surface area contributed by atoms with Gasteiger partial charge in [-0.05, 0) is 52.7 Å². The van der Waals surface area contributed by atoms with Crippen LogP contribution in [0.3, 0.4) is 0 Å². The van der Waals surface area contributed by atoms with Crippen molar-refractivity contribution in [2.24, 2.45) is 3.77 Å². The van der Waals surface area contributed by atoms with E-state index in [1.807, 2.05) is 6.92 Å². The first kappa shape index (κ1) is 22.6. The highest BCUT2D eigenvalue weighted by Gasteiger charge is 2.28. The smallest absolute Gasteiger partial charge is 0.407 e. The van der Waals surface area contributed by atoms with Crippen molar-refractivity contribution in [3.63, 3.8) is 0 Å². The second kappa shape index (κ2) is 8.38. The van der Waals surface area contributed by atoms with Gasteiger partial charge in [0.25, 0.3) is 10.0 Å². The zero-order valence-corrected chi connectivity index (χ0v) is 18.6. The minimum atomic E-state index is -4.02. The van der Waals surface area contributed by atoms with Gasteiger partial charge < -0.3 is 10.1 Å². The number of carbonyl (C=O) groups is 1. The molecule has 1 amide bonds. The van der Waals surface area contributed by atoms with Crippen molar-refractivity contribution in [3.05, 3.63) is 29.8 Å². The molecular weight excluding hydrogens is 402 g/mol. The predicted octanol–water partition coefficient (Wildman–Crippen LogP) is 2.69. The molecule has 0 aliphatic carbocycles. The van der Waals surface area contributed by atoms with Crippen molar-refractivity contribution in [2.75, 3.05) is 19.3 Å². The van der Waals surface area contributed by atoms with Crippen LogP contribution in [0, 0.1) is 6.92 Å². The molecule has 1 fully saturated rings. The van der Waals surface area contributed by atoms with Gasteiger partial charge >= 0.3 is 6.09 Å². The molecular formula is C18H29N3O5S2. The van der Waals surface area contributed by atoms with E-state index in [1.54, 1.807) is 37.2 Å². The lowest BCUT2D eigenvalue weighted by Gasteiger charge is -2.32. The van der Waals surface area contributed by atoms with Crippen LogP contribution in [0.1, 0.15) is 39.2 Å². The number of nitrogens with one attached hydrogen (secondary N) is 1. The van der Waals surface area contributed by atoms with Crippen molar-refractivity contribution < 1.29 is 22.2 Å². The Hall–Kier alpha value is -1.65. The number of sulfonamides is 1. The first-order valence-electron chi connectivity index (χ1n) is 9.08. The second-order valence-electron chi connectivity index (χ2n) is 7.97. The van der Waals surface area contributed by atoms with E-state index in [2.05, 4.69) is 9.08 Å². The van der Waals surface area contributed by atoms with E-state index in [0.29, 0.717) is 25.9 Å². The summed E-state index contributed by atoms with van der Waals surface area (Å²) < 4.78 is 48.5. The van der Waals surface area contributed by atoms with Gasteiger partial charge in [-0.15, -0.1) is 0 Å². The number of nitrogens with zero attached hydrogens (tertiary/aromatic N) is 2. The third-order valence-corrected chi connectivity index (χ3v) is 8.29. The first-order valence-corrected chi connectivity index (χ1v) is 12.4. The quantitative estimate of drug-likeness (QED) is 0.789. The highest BCUT2D eigenvalue weighted by Crippen LogP contribution is 2.20. The van der Waals surface area contributed by atoms with Crippen LogP contribution in [0.2, 0.25) is 0 Å². The lowest BCUT2D eigenvalue weighted by Crippen LogP contribution is -2.47. The van der Waals surface area contributed by atoms with Crippen LogP contribution in [0.25, 0.3) is 0 Å². The minimum absolute atomic E-state index is 0.0224. The van der Waals surface area contributed by atoms with Gasteiger partial charge in [-0.2, -0.15) is 8.42 Å². The van der Waals surface area contributed by atoms with Crippen LogP contribution in [-0.4, -0.2) is 54.0 Å². The number of aryl methyl sites for hydroxylation is 1. The van der Waals surface area contributed by atoms with Crippen LogP contribution in [0.15, 0.2) is 32.9 Å². The molecule has 0 saturated carbocycles. The van der Waals surface area contributed by atoms with Gasteiger partial charge in [0, 0.05) is 25.4 Å². The number of ether oxygens (including phenoxy) is 1. The molecule has 1 N–H and O–H groups in total. The molecule has 0 aromatic heterocycles. The van der Waals surface area contributed by atoms with Crippen LogP contribution < -0.4 is 5.32 Å². The standard InChI is InChI=1S/C18H29N3O5S2/c1-14-6-8-16(9-7-14)28(24,25)20-27(5,23)21-12-10-15(11-13-21)19-17(22)26-18(2,3)4/h6-9,15H,10-13H2,1-5H3,(H,19,22). The van der Waals surface area contributed by atoms with E-state index in [1.165, 1.54) is 18.4 Å². The van der Waals surface area contributed by atoms with Crippen molar-refractivity contribution in [3.8, 4) is 0 Å². The average molecular weight is 432 g/mol. The number of rotatable bonds is 4. The number of hydrogen-bond acceptors (Lipinski definition) is 5. The molecule has 1 heterocycles. The van der Waals surface area contributed by atoms with Gasteiger partial charge in [-0.1, -0.05) is 21.5 Å². The van der Waals surface area contributed by atoms with Gasteiger partial charge in [-0.25, -0.2) is 13.3 Å². The largest absolute Gasteiger partial charge is 0.444 e. The fourth-order valence-corrected chi connectivity index (χ4v) is 6.34. The molecule has 158 valence electrons. The zero-order chi connectivity index (χ0) is 21.2. The molecule has 1 saturated heterocycles. The molecule has 1 aromatic carbocycles. The van der Waals surface area contributed by atoms with Gasteiger partial charge in [0.2, 0.25) is 0 Å². The number of hydrogen-bond donors (Lipinski definition) is 1. The summed E-state index contributed by atoms with van der Waals surface area (Å²) in [6.07, 6.45) is 1.91. The van der Waals surface area contributed by atoms with Crippen molar-refractivity contribution >= 4 is 26.0 Å². The monoisotopic (exact) mass is 431 g/mol. The van der Waals surface area contributed by atoms with Crippen molar-refractivity contribution in [1.82, 2.24) is 9.62 Å². The summed E-state index contributed by atoms with van der Waals surface area (Å²) in [5, 5.41) is 2.80. The van der Waals surface area contributed by atoms with E-state index in [-0.39, 0.29) is 10.9 Å². The van der Waals surface area contributed by atoms with Crippen LogP contribution in [0.4, 0.5) is 4.79 Å². The Morgan fingerprint density at radius 1 is 1.14 bits per heavy atom. The van der Waals surface area contributed by atoms with Crippen LogP contribution in [-0.2, 0) is 24.7 Å². The Balaban J connectivity index is 2.04. The second-order valence-corrected chi connectivity index (χ2v) is 12.0. The molecule has 1 unspecified atom stereocenters. The fraction of sp³-hybridized carbons (Fsp3) is 0.611. The molecule has 8 nitrogen and oxygen atoms in total. The zero-order valence-electron chi connectivity index (χ0n) is 17.0. The summed E-state index contributed by atoms with van der Waals surface area (Å²) in [7, 11) is -7.12. The number of amides is 1. The van der Waals surface area contributed by atoms with E-state index in [4.69, 9.17) is 4.74 Å². The lowest BCUT2D eigenvalue weighted by atomic mass is 10.1. The molecule has 10 heteroatoms. The van der Waals surface area contributed by atoms with Gasteiger partial charge in [0.1, 0.15) is 15.5 Å². The van der Waals surface area contributed by atoms with E-state index in [9.17, 15) is 17.4 Å². The average Bonchev–Trinajstić information content (AvgIpc) is 2.53. The minimum Gasteiger partial charge on any atom is -0.444 e. The van der Waals surface area contributed by atoms with Gasteiger partial charge in [0.05, 0.1) is 4.90 Å². The Morgan fingerprint density at radius 3 is 2.18 bits per heavy atom. The number of carbonyl (C=O) groups excluding carboxylic acids is 1. The van der Waals surface area contributed by atoms with E-state index in [0.717, 1.165) is 5.56 Å². The van der Waals surface area contributed by atoms with Gasteiger partial charge in [-0.3, -0.25) is 0 Å². The normalized spacial score (nSPS) is 18.9. The Labute approximate surface area is 168 Å². The number of alkyl carbamates (subject to hydrolysis) is 1. The molecule has 2 rings (SSSR count). The molecule has 1 aromatic rings. The molecule has 0 spiro atoms. The third kappa shape index (κ3) is 6.46.